The molecule has 1 aliphatic rings. The van der Waals surface area contributed by atoms with Crippen molar-refractivity contribution in [2.45, 2.75) is 33.6 Å². The highest BCUT2D eigenvalue weighted by atomic mass is 16.4. The van der Waals surface area contributed by atoms with Crippen molar-refractivity contribution in [3.05, 3.63) is 23.8 Å². The minimum Gasteiger partial charge on any atom is -0.478 e. The average molecular weight is 194 g/mol. The predicted molar refractivity (Wildman–Crippen MR) is 57.0 cm³/mol. The van der Waals surface area contributed by atoms with E-state index in [0.717, 1.165) is 12.8 Å². The summed E-state index contributed by atoms with van der Waals surface area (Å²) in [4.78, 5) is 10.6. The van der Waals surface area contributed by atoms with Crippen molar-refractivity contribution in [2.75, 3.05) is 0 Å². The molecule has 0 spiro atoms. The van der Waals surface area contributed by atoms with E-state index in [2.05, 4.69) is 20.8 Å². The van der Waals surface area contributed by atoms with E-state index in [9.17, 15) is 4.79 Å². The van der Waals surface area contributed by atoms with Crippen LogP contribution < -0.4 is 0 Å². The van der Waals surface area contributed by atoms with Gasteiger partial charge in [0, 0.05) is 0 Å². The van der Waals surface area contributed by atoms with Gasteiger partial charge in [0.1, 0.15) is 0 Å². The Labute approximate surface area is 85.3 Å². The molecule has 0 aromatic carbocycles. The van der Waals surface area contributed by atoms with Gasteiger partial charge in [-0.05, 0) is 24.2 Å². The van der Waals surface area contributed by atoms with Crippen molar-refractivity contribution in [1.82, 2.24) is 0 Å². The van der Waals surface area contributed by atoms with Crippen LogP contribution in [0.25, 0.3) is 0 Å². The second kappa shape index (κ2) is 3.99. The SMILES string of the molecule is CC(C)(C)CCC1C=CC(C(=O)O)=C1. The molecule has 2 heteroatoms. The zero-order valence-corrected chi connectivity index (χ0v) is 9.08. The van der Waals surface area contributed by atoms with Gasteiger partial charge in [0.25, 0.3) is 0 Å². The van der Waals surface area contributed by atoms with Gasteiger partial charge in [-0.25, -0.2) is 4.79 Å². The molecule has 0 saturated carbocycles. The monoisotopic (exact) mass is 194 g/mol. The van der Waals surface area contributed by atoms with Crippen molar-refractivity contribution in [2.24, 2.45) is 11.3 Å². The zero-order valence-electron chi connectivity index (χ0n) is 9.08. The van der Waals surface area contributed by atoms with Crippen LogP contribution in [0.2, 0.25) is 0 Å². The van der Waals surface area contributed by atoms with Gasteiger partial charge in [-0.3, -0.25) is 0 Å². The normalized spacial score (nSPS) is 21.1. The Kier molecular flexibility index (Phi) is 3.14. The first kappa shape index (κ1) is 11.0. The summed E-state index contributed by atoms with van der Waals surface area (Å²) in [5, 5.41) is 8.74. The van der Waals surface area contributed by atoms with Crippen molar-refractivity contribution in [1.29, 1.82) is 0 Å². The third-order valence-electron chi connectivity index (χ3n) is 2.39. The van der Waals surface area contributed by atoms with Crippen molar-refractivity contribution < 1.29 is 9.90 Å². The zero-order chi connectivity index (χ0) is 10.8. The lowest BCUT2D eigenvalue weighted by Crippen LogP contribution is -2.06. The summed E-state index contributed by atoms with van der Waals surface area (Å²) in [6, 6.07) is 0. The molecule has 1 aliphatic carbocycles. The smallest absolute Gasteiger partial charge is 0.335 e. The second-order valence-corrected chi connectivity index (χ2v) is 5.05. The van der Waals surface area contributed by atoms with Crippen molar-refractivity contribution in [3.63, 3.8) is 0 Å². The average Bonchev–Trinajstić information content (AvgIpc) is 2.47. The third kappa shape index (κ3) is 3.36. The molecule has 0 aromatic heterocycles. The maximum atomic E-state index is 10.6. The fraction of sp³-hybridized carbons (Fsp3) is 0.583. The first-order valence-corrected chi connectivity index (χ1v) is 5.02. The topological polar surface area (TPSA) is 37.3 Å². The number of carbonyl (C=O) groups is 1. The lowest BCUT2D eigenvalue weighted by atomic mass is 9.87. The molecule has 1 N–H and O–H groups in total. The maximum Gasteiger partial charge on any atom is 0.335 e. The standard InChI is InChI=1S/C12H18O2/c1-12(2,3)7-6-9-4-5-10(8-9)11(13)14/h4-5,8-9H,6-7H2,1-3H3,(H,13,14). The van der Waals surface area contributed by atoms with Crippen LogP contribution in [0.4, 0.5) is 0 Å². The van der Waals surface area contributed by atoms with Crippen LogP contribution in [0.5, 0.6) is 0 Å². The summed E-state index contributed by atoms with van der Waals surface area (Å²) in [5.41, 5.74) is 0.761. The molecule has 0 radical (unpaired) electrons. The molecule has 78 valence electrons. The van der Waals surface area contributed by atoms with Crippen LogP contribution in [-0.2, 0) is 4.79 Å². The second-order valence-electron chi connectivity index (χ2n) is 5.05. The molecule has 1 atom stereocenters. The first-order chi connectivity index (χ1) is 6.38. The lowest BCUT2D eigenvalue weighted by Gasteiger charge is -2.19. The highest BCUT2D eigenvalue weighted by molar-refractivity contribution is 5.90. The van der Waals surface area contributed by atoms with E-state index < -0.39 is 5.97 Å². The molecular formula is C12H18O2. The molecule has 14 heavy (non-hydrogen) atoms. The summed E-state index contributed by atoms with van der Waals surface area (Å²) in [6.45, 7) is 6.61. The number of rotatable bonds is 3. The van der Waals surface area contributed by atoms with Gasteiger partial charge in [0.2, 0.25) is 0 Å². The Hall–Kier alpha value is -1.05. The Bertz CT molecular complexity index is 279. The summed E-state index contributed by atoms with van der Waals surface area (Å²) < 4.78 is 0. The predicted octanol–water partition coefficient (Wildman–Crippen LogP) is 3.01. The van der Waals surface area contributed by atoms with Gasteiger partial charge in [0.05, 0.1) is 5.57 Å². The molecule has 1 unspecified atom stereocenters. The largest absolute Gasteiger partial charge is 0.478 e. The van der Waals surface area contributed by atoms with E-state index in [1.165, 1.54) is 0 Å². The Balaban J connectivity index is 2.44. The number of hydrogen-bond acceptors (Lipinski definition) is 1. The van der Waals surface area contributed by atoms with Crippen molar-refractivity contribution >= 4 is 5.97 Å². The van der Waals surface area contributed by atoms with Crippen LogP contribution in [0, 0.1) is 11.3 Å². The Morgan fingerprint density at radius 1 is 1.50 bits per heavy atom. The van der Waals surface area contributed by atoms with E-state index in [0.29, 0.717) is 16.9 Å². The van der Waals surface area contributed by atoms with E-state index in [-0.39, 0.29) is 0 Å². The molecule has 0 heterocycles. The summed E-state index contributed by atoms with van der Waals surface area (Å²) >= 11 is 0. The minimum atomic E-state index is -0.820. The number of aliphatic carboxylic acids is 1. The van der Waals surface area contributed by atoms with Crippen LogP contribution >= 0.6 is 0 Å². The van der Waals surface area contributed by atoms with Gasteiger partial charge in [-0.15, -0.1) is 0 Å². The lowest BCUT2D eigenvalue weighted by molar-refractivity contribution is -0.132. The molecule has 0 aromatic rings. The maximum absolute atomic E-state index is 10.6. The number of hydrogen-bond donors (Lipinski definition) is 1. The third-order valence-corrected chi connectivity index (χ3v) is 2.39. The molecule has 0 fully saturated rings. The van der Waals surface area contributed by atoms with Crippen LogP contribution in [0.3, 0.4) is 0 Å². The van der Waals surface area contributed by atoms with Crippen LogP contribution in [-0.4, -0.2) is 11.1 Å². The number of carboxylic acid groups (broad SMARTS) is 1. The molecule has 0 saturated heterocycles. The summed E-state index contributed by atoms with van der Waals surface area (Å²) in [5.74, 6) is -0.500. The van der Waals surface area contributed by atoms with Gasteiger partial charge in [0.15, 0.2) is 0 Å². The quantitative estimate of drug-likeness (QED) is 0.749. The highest BCUT2D eigenvalue weighted by Crippen LogP contribution is 2.27. The first-order valence-electron chi connectivity index (χ1n) is 5.02. The van der Waals surface area contributed by atoms with E-state index in [4.69, 9.17) is 5.11 Å². The molecule has 0 amide bonds. The molecule has 1 rings (SSSR count). The van der Waals surface area contributed by atoms with Gasteiger partial charge >= 0.3 is 5.97 Å². The fourth-order valence-electron chi connectivity index (χ4n) is 1.49. The number of carboxylic acids is 1. The van der Waals surface area contributed by atoms with E-state index in [1.54, 1.807) is 6.08 Å². The van der Waals surface area contributed by atoms with Crippen LogP contribution in [0.1, 0.15) is 33.6 Å². The van der Waals surface area contributed by atoms with Gasteiger partial charge in [-0.1, -0.05) is 39.0 Å². The van der Waals surface area contributed by atoms with E-state index >= 15 is 0 Å². The van der Waals surface area contributed by atoms with Gasteiger partial charge in [-0.2, -0.15) is 0 Å². The molecule has 2 nitrogen and oxygen atoms in total. The Morgan fingerprint density at radius 3 is 2.57 bits per heavy atom. The Morgan fingerprint density at radius 2 is 2.14 bits per heavy atom. The summed E-state index contributed by atoms with van der Waals surface area (Å²) in [7, 11) is 0. The molecular weight excluding hydrogens is 176 g/mol. The van der Waals surface area contributed by atoms with Crippen LogP contribution in [0.15, 0.2) is 23.8 Å². The fourth-order valence-corrected chi connectivity index (χ4v) is 1.49. The van der Waals surface area contributed by atoms with Gasteiger partial charge < -0.3 is 5.11 Å². The minimum absolute atomic E-state index is 0.320. The molecule has 0 bridgehead atoms. The van der Waals surface area contributed by atoms with Crippen molar-refractivity contribution in [3.8, 4) is 0 Å². The number of allylic oxidation sites excluding steroid dienone is 2. The summed E-state index contributed by atoms with van der Waals surface area (Å²) in [6.07, 6.45) is 7.68. The highest BCUT2D eigenvalue weighted by Gasteiger charge is 2.17. The van der Waals surface area contributed by atoms with E-state index in [1.807, 2.05) is 12.2 Å². The molecule has 0 aliphatic heterocycles.